The Balaban J connectivity index is 3.09. The zero-order valence-corrected chi connectivity index (χ0v) is 9.78. The van der Waals surface area contributed by atoms with Gasteiger partial charge in [0.1, 0.15) is 5.75 Å². The summed E-state index contributed by atoms with van der Waals surface area (Å²) in [4.78, 5) is 0. The molecule has 2 atom stereocenters. The highest BCUT2D eigenvalue weighted by Gasteiger charge is 2.16. The molecule has 14 heavy (non-hydrogen) atoms. The molecule has 0 aliphatic rings. The van der Waals surface area contributed by atoms with E-state index in [1.807, 2.05) is 18.2 Å². The second-order valence-corrected chi connectivity index (χ2v) is 3.92. The molecule has 3 nitrogen and oxygen atoms in total. The van der Waals surface area contributed by atoms with Crippen molar-refractivity contribution in [3.63, 3.8) is 0 Å². The normalized spacial score (nSPS) is 14.9. The SMILES string of the molecule is COc1cccc([C@H](N)C(C)O)c1Br. The summed E-state index contributed by atoms with van der Waals surface area (Å²) < 4.78 is 5.93. The molecule has 0 aromatic heterocycles. The zero-order valence-electron chi connectivity index (χ0n) is 8.20. The Kier molecular flexibility index (Phi) is 3.92. The molecule has 0 bridgehead atoms. The van der Waals surface area contributed by atoms with E-state index in [-0.39, 0.29) is 0 Å². The standard InChI is InChI=1S/C10H14BrNO2/c1-6(13)10(12)7-4-3-5-8(14-2)9(7)11/h3-6,10,13H,12H2,1-2H3/t6?,10-/m1/s1. The number of hydrogen-bond acceptors (Lipinski definition) is 3. The molecule has 1 aromatic carbocycles. The summed E-state index contributed by atoms with van der Waals surface area (Å²) in [7, 11) is 1.60. The molecule has 4 heteroatoms. The molecule has 0 saturated heterocycles. The van der Waals surface area contributed by atoms with Crippen molar-refractivity contribution in [2.24, 2.45) is 5.73 Å². The topological polar surface area (TPSA) is 55.5 Å². The molecule has 0 heterocycles. The van der Waals surface area contributed by atoms with Crippen LogP contribution >= 0.6 is 15.9 Å². The van der Waals surface area contributed by atoms with Crippen molar-refractivity contribution in [3.05, 3.63) is 28.2 Å². The molecule has 0 aliphatic heterocycles. The fourth-order valence-electron chi connectivity index (χ4n) is 1.20. The first kappa shape index (κ1) is 11.5. The van der Waals surface area contributed by atoms with Gasteiger partial charge in [-0.1, -0.05) is 12.1 Å². The third-order valence-corrected chi connectivity index (χ3v) is 2.94. The molecule has 1 rings (SSSR count). The van der Waals surface area contributed by atoms with E-state index >= 15 is 0 Å². The van der Waals surface area contributed by atoms with Gasteiger partial charge in [0, 0.05) is 0 Å². The summed E-state index contributed by atoms with van der Waals surface area (Å²) in [5.74, 6) is 0.721. The van der Waals surface area contributed by atoms with Crippen molar-refractivity contribution in [1.82, 2.24) is 0 Å². The number of ether oxygens (including phenoxy) is 1. The lowest BCUT2D eigenvalue weighted by Gasteiger charge is -2.17. The fourth-order valence-corrected chi connectivity index (χ4v) is 1.89. The number of halogens is 1. The first-order valence-electron chi connectivity index (χ1n) is 4.34. The van der Waals surface area contributed by atoms with E-state index in [4.69, 9.17) is 10.5 Å². The predicted molar refractivity (Wildman–Crippen MR) is 59.3 cm³/mol. The molecule has 78 valence electrons. The van der Waals surface area contributed by atoms with E-state index < -0.39 is 12.1 Å². The van der Waals surface area contributed by atoms with E-state index in [2.05, 4.69) is 15.9 Å². The Morgan fingerprint density at radius 1 is 1.50 bits per heavy atom. The van der Waals surface area contributed by atoms with E-state index in [1.165, 1.54) is 0 Å². The van der Waals surface area contributed by atoms with Gasteiger partial charge >= 0.3 is 0 Å². The van der Waals surface area contributed by atoms with Crippen LogP contribution in [0.4, 0.5) is 0 Å². The van der Waals surface area contributed by atoms with E-state index in [0.29, 0.717) is 0 Å². The molecule has 0 radical (unpaired) electrons. The maximum Gasteiger partial charge on any atom is 0.133 e. The number of hydrogen-bond donors (Lipinski definition) is 2. The Labute approximate surface area is 92.0 Å². The van der Waals surface area contributed by atoms with Crippen LogP contribution in [0, 0.1) is 0 Å². The first-order chi connectivity index (χ1) is 6.57. The molecule has 0 amide bonds. The number of nitrogens with two attached hydrogens (primary N) is 1. The molecule has 1 aromatic rings. The Bertz CT molecular complexity index is 315. The lowest BCUT2D eigenvalue weighted by molar-refractivity contribution is 0.164. The van der Waals surface area contributed by atoms with Crippen LogP contribution in [0.25, 0.3) is 0 Å². The Morgan fingerprint density at radius 2 is 2.14 bits per heavy atom. The van der Waals surface area contributed by atoms with E-state index in [1.54, 1.807) is 14.0 Å². The van der Waals surface area contributed by atoms with Gasteiger partial charge in [-0.15, -0.1) is 0 Å². The largest absolute Gasteiger partial charge is 0.496 e. The monoisotopic (exact) mass is 259 g/mol. The van der Waals surface area contributed by atoms with Crippen LogP contribution in [-0.2, 0) is 0 Å². The minimum atomic E-state index is -0.585. The third-order valence-electron chi connectivity index (χ3n) is 2.09. The molecule has 0 aliphatic carbocycles. The van der Waals surface area contributed by atoms with Crippen LogP contribution < -0.4 is 10.5 Å². The number of rotatable bonds is 3. The van der Waals surface area contributed by atoms with Gasteiger partial charge in [0.15, 0.2) is 0 Å². The fraction of sp³-hybridized carbons (Fsp3) is 0.400. The van der Waals surface area contributed by atoms with Crippen LogP contribution in [-0.4, -0.2) is 18.3 Å². The van der Waals surface area contributed by atoms with Crippen LogP contribution in [0.15, 0.2) is 22.7 Å². The maximum absolute atomic E-state index is 9.38. The van der Waals surface area contributed by atoms with Crippen LogP contribution in [0.5, 0.6) is 5.75 Å². The van der Waals surface area contributed by atoms with Gasteiger partial charge in [-0.2, -0.15) is 0 Å². The highest BCUT2D eigenvalue weighted by molar-refractivity contribution is 9.10. The minimum Gasteiger partial charge on any atom is -0.496 e. The van der Waals surface area contributed by atoms with Gasteiger partial charge < -0.3 is 15.6 Å². The van der Waals surface area contributed by atoms with Gasteiger partial charge in [0.2, 0.25) is 0 Å². The summed E-state index contributed by atoms with van der Waals surface area (Å²) in [6, 6.07) is 5.15. The Morgan fingerprint density at radius 3 is 2.64 bits per heavy atom. The van der Waals surface area contributed by atoms with Gasteiger partial charge in [0.25, 0.3) is 0 Å². The summed E-state index contributed by atoms with van der Waals surface area (Å²) in [5.41, 5.74) is 6.67. The van der Waals surface area contributed by atoms with Crippen molar-refractivity contribution in [2.45, 2.75) is 19.1 Å². The van der Waals surface area contributed by atoms with Crippen molar-refractivity contribution in [1.29, 1.82) is 0 Å². The molecule has 0 fully saturated rings. The average molecular weight is 260 g/mol. The molecule has 0 spiro atoms. The van der Waals surface area contributed by atoms with Crippen LogP contribution in [0.1, 0.15) is 18.5 Å². The number of methoxy groups -OCH3 is 1. The van der Waals surface area contributed by atoms with Gasteiger partial charge in [-0.05, 0) is 34.5 Å². The molecular formula is C10H14BrNO2. The van der Waals surface area contributed by atoms with Gasteiger partial charge in [0.05, 0.1) is 23.7 Å². The minimum absolute atomic E-state index is 0.403. The summed E-state index contributed by atoms with van der Waals surface area (Å²) in [6.45, 7) is 1.66. The maximum atomic E-state index is 9.38. The smallest absolute Gasteiger partial charge is 0.133 e. The predicted octanol–water partition coefficient (Wildman–Crippen LogP) is 1.84. The Hall–Kier alpha value is -0.580. The molecule has 1 unspecified atom stereocenters. The van der Waals surface area contributed by atoms with Gasteiger partial charge in [-0.3, -0.25) is 0 Å². The van der Waals surface area contributed by atoms with E-state index in [0.717, 1.165) is 15.8 Å². The van der Waals surface area contributed by atoms with Crippen LogP contribution in [0.3, 0.4) is 0 Å². The van der Waals surface area contributed by atoms with Crippen LogP contribution in [0.2, 0.25) is 0 Å². The quantitative estimate of drug-likeness (QED) is 0.871. The van der Waals surface area contributed by atoms with Gasteiger partial charge in [-0.25, -0.2) is 0 Å². The van der Waals surface area contributed by atoms with E-state index in [9.17, 15) is 5.11 Å². The second kappa shape index (κ2) is 4.77. The zero-order chi connectivity index (χ0) is 10.7. The first-order valence-corrected chi connectivity index (χ1v) is 5.13. The van der Waals surface area contributed by atoms with Crippen molar-refractivity contribution >= 4 is 15.9 Å². The lowest BCUT2D eigenvalue weighted by Crippen LogP contribution is -2.23. The summed E-state index contributed by atoms with van der Waals surface area (Å²) in [6.07, 6.45) is -0.585. The van der Waals surface area contributed by atoms with Crippen molar-refractivity contribution in [2.75, 3.05) is 7.11 Å². The van der Waals surface area contributed by atoms with Crippen molar-refractivity contribution in [3.8, 4) is 5.75 Å². The highest BCUT2D eigenvalue weighted by Crippen LogP contribution is 2.32. The molecule has 0 saturated carbocycles. The van der Waals surface area contributed by atoms with Crippen molar-refractivity contribution < 1.29 is 9.84 Å². The number of aliphatic hydroxyl groups is 1. The summed E-state index contributed by atoms with van der Waals surface area (Å²) in [5, 5.41) is 9.38. The number of aliphatic hydroxyl groups excluding tert-OH is 1. The lowest BCUT2D eigenvalue weighted by atomic mass is 10.0. The average Bonchev–Trinajstić information content (AvgIpc) is 2.17. The number of benzene rings is 1. The highest BCUT2D eigenvalue weighted by atomic mass is 79.9. The third kappa shape index (κ3) is 2.26. The summed E-state index contributed by atoms with van der Waals surface area (Å²) >= 11 is 3.39. The second-order valence-electron chi connectivity index (χ2n) is 3.13. The molecular weight excluding hydrogens is 246 g/mol. The molecule has 3 N–H and O–H groups in total.